The van der Waals surface area contributed by atoms with E-state index in [0.717, 1.165) is 11.5 Å². The zero-order valence-electron chi connectivity index (χ0n) is 14.8. The summed E-state index contributed by atoms with van der Waals surface area (Å²) in [6, 6.07) is 14.3. The van der Waals surface area contributed by atoms with Crippen molar-refractivity contribution in [3.63, 3.8) is 0 Å². The second-order valence-electron chi connectivity index (χ2n) is 6.11. The Balaban J connectivity index is 1.50. The zero-order chi connectivity index (χ0) is 18.5. The third-order valence-electron chi connectivity index (χ3n) is 4.25. The first-order chi connectivity index (χ1) is 12.6. The minimum atomic E-state index is -0.292. The fourth-order valence-corrected chi connectivity index (χ4v) is 2.72. The molecule has 2 unspecified atom stereocenters. The molecule has 0 saturated heterocycles. The van der Waals surface area contributed by atoms with Crippen LogP contribution in [-0.2, 0) is 9.59 Å². The van der Waals surface area contributed by atoms with Gasteiger partial charge in [0.25, 0.3) is 0 Å². The van der Waals surface area contributed by atoms with Crippen LogP contribution in [0, 0.1) is 11.8 Å². The largest absolute Gasteiger partial charge is 0.497 e. The fourth-order valence-electron chi connectivity index (χ4n) is 2.72. The van der Waals surface area contributed by atoms with Crippen LogP contribution in [0.25, 0.3) is 0 Å². The number of amides is 2. The van der Waals surface area contributed by atoms with E-state index in [4.69, 9.17) is 9.47 Å². The molecule has 0 heterocycles. The maximum absolute atomic E-state index is 12.3. The number of anilines is 2. The maximum Gasteiger partial charge on any atom is 0.228 e. The summed E-state index contributed by atoms with van der Waals surface area (Å²) in [4.78, 5) is 24.6. The molecule has 1 saturated carbocycles. The average Bonchev–Trinajstić information content (AvgIpc) is 3.45. The lowest BCUT2D eigenvalue weighted by molar-refractivity contribution is -0.122. The van der Waals surface area contributed by atoms with Gasteiger partial charge in [0.1, 0.15) is 11.5 Å². The molecular formula is C20H22N2O4. The van der Waals surface area contributed by atoms with Gasteiger partial charge in [-0.2, -0.15) is 0 Å². The molecule has 2 atom stereocenters. The van der Waals surface area contributed by atoms with E-state index in [1.165, 1.54) is 0 Å². The third kappa shape index (κ3) is 4.33. The summed E-state index contributed by atoms with van der Waals surface area (Å²) in [7, 11) is 1.59. The van der Waals surface area contributed by atoms with Crippen LogP contribution >= 0.6 is 0 Å². The number of carbonyl (C=O) groups is 2. The lowest BCUT2D eigenvalue weighted by atomic mass is 10.2. The van der Waals surface area contributed by atoms with Crippen LogP contribution in [0.5, 0.6) is 11.5 Å². The number of rotatable bonds is 7. The third-order valence-corrected chi connectivity index (χ3v) is 4.25. The van der Waals surface area contributed by atoms with E-state index in [1.807, 2.05) is 6.92 Å². The van der Waals surface area contributed by atoms with Crippen molar-refractivity contribution in [1.82, 2.24) is 0 Å². The fraction of sp³-hybridized carbons (Fsp3) is 0.300. The van der Waals surface area contributed by atoms with Crippen LogP contribution in [0.4, 0.5) is 11.4 Å². The van der Waals surface area contributed by atoms with Gasteiger partial charge in [-0.1, -0.05) is 0 Å². The molecule has 0 radical (unpaired) electrons. The molecule has 6 nitrogen and oxygen atoms in total. The molecule has 136 valence electrons. The molecule has 2 N–H and O–H groups in total. The summed E-state index contributed by atoms with van der Waals surface area (Å²) in [6.07, 6.45) is 0.560. The number of nitrogens with one attached hydrogen (secondary N) is 2. The van der Waals surface area contributed by atoms with E-state index in [-0.39, 0.29) is 23.7 Å². The average molecular weight is 354 g/mol. The predicted octanol–water partition coefficient (Wildman–Crippen LogP) is 3.31. The Morgan fingerprint density at radius 1 is 0.885 bits per heavy atom. The Morgan fingerprint density at radius 2 is 1.35 bits per heavy atom. The molecule has 0 aromatic heterocycles. The number of ether oxygens (including phenoxy) is 2. The van der Waals surface area contributed by atoms with Crippen LogP contribution in [0.15, 0.2) is 48.5 Å². The molecule has 0 aliphatic heterocycles. The van der Waals surface area contributed by atoms with Crippen LogP contribution in [-0.4, -0.2) is 25.5 Å². The van der Waals surface area contributed by atoms with E-state index >= 15 is 0 Å². The van der Waals surface area contributed by atoms with Crippen LogP contribution in [0.1, 0.15) is 13.3 Å². The topological polar surface area (TPSA) is 76.7 Å². The molecular weight excluding hydrogens is 332 g/mol. The van der Waals surface area contributed by atoms with Crippen LogP contribution in [0.3, 0.4) is 0 Å². The molecule has 3 rings (SSSR count). The first-order valence-electron chi connectivity index (χ1n) is 8.59. The van der Waals surface area contributed by atoms with E-state index in [0.29, 0.717) is 24.4 Å². The van der Waals surface area contributed by atoms with Crippen molar-refractivity contribution in [2.24, 2.45) is 11.8 Å². The van der Waals surface area contributed by atoms with Crippen LogP contribution < -0.4 is 20.1 Å². The van der Waals surface area contributed by atoms with Gasteiger partial charge >= 0.3 is 0 Å². The number of hydrogen-bond donors (Lipinski definition) is 2. The highest BCUT2D eigenvalue weighted by atomic mass is 16.5. The Morgan fingerprint density at radius 3 is 1.77 bits per heavy atom. The Bertz CT molecular complexity index is 771. The highest BCUT2D eigenvalue weighted by molar-refractivity contribution is 6.03. The van der Waals surface area contributed by atoms with E-state index in [1.54, 1.807) is 55.6 Å². The van der Waals surface area contributed by atoms with Gasteiger partial charge in [-0.3, -0.25) is 9.59 Å². The molecule has 2 aromatic rings. The van der Waals surface area contributed by atoms with Crippen LogP contribution in [0.2, 0.25) is 0 Å². The Kier molecular flexibility index (Phi) is 5.41. The maximum atomic E-state index is 12.3. The quantitative estimate of drug-likeness (QED) is 0.800. The molecule has 1 aliphatic carbocycles. The molecule has 6 heteroatoms. The SMILES string of the molecule is CCOc1ccc(NC(=O)C2CC2C(=O)Nc2ccc(OC)cc2)cc1. The van der Waals surface area contributed by atoms with Crippen molar-refractivity contribution in [2.45, 2.75) is 13.3 Å². The molecule has 26 heavy (non-hydrogen) atoms. The monoisotopic (exact) mass is 354 g/mol. The van der Waals surface area contributed by atoms with E-state index in [9.17, 15) is 9.59 Å². The molecule has 2 amide bonds. The minimum Gasteiger partial charge on any atom is -0.497 e. The summed E-state index contributed by atoms with van der Waals surface area (Å²) in [5, 5.41) is 5.68. The lowest BCUT2D eigenvalue weighted by Gasteiger charge is -2.08. The summed E-state index contributed by atoms with van der Waals surface area (Å²) < 4.78 is 10.5. The molecule has 1 fully saturated rings. The second-order valence-corrected chi connectivity index (χ2v) is 6.11. The Labute approximate surface area is 152 Å². The number of benzene rings is 2. The lowest BCUT2D eigenvalue weighted by Crippen LogP contribution is -2.20. The smallest absolute Gasteiger partial charge is 0.228 e. The van der Waals surface area contributed by atoms with Gasteiger partial charge in [-0.25, -0.2) is 0 Å². The van der Waals surface area contributed by atoms with Crippen molar-refractivity contribution < 1.29 is 19.1 Å². The van der Waals surface area contributed by atoms with Gasteiger partial charge in [-0.05, 0) is 61.9 Å². The highest BCUT2D eigenvalue weighted by Crippen LogP contribution is 2.40. The first kappa shape index (κ1) is 17.8. The van der Waals surface area contributed by atoms with Gasteiger partial charge in [0, 0.05) is 11.4 Å². The van der Waals surface area contributed by atoms with Gasteiger partial charge in [0.2, 0.25) is 11.8 Å². The van der Waals surface area contributed by atoms with E-state index in [2.05, 4.69) is 10.6 Å². The van der Waals surface area contributed by atoms with Crippen molar-refractivity contribution >= 4 is 23.2 Å². The normalized spacial score (nSPS) is 17.9. The molecule has 0 spiro atoms. The second kappa shape index (κ2) is 7.91. The van der Waals surface area contributed by atoms with Crippen molar-refractivity contribution in [3.8, 4) is 11.5 Å². The summed E-state index contributed by atoms with van der Waals surface area (Å²) in [6.45, 7) is 2.51. The molecule has 1 aliphatic rings. The minimum absolute atomic E-state index is 0.135. The predicted molar refractivity (Wildman–Crippen MR) is 99.5 cm³/mol. The number of carbonyl (C=O) groups excluding carboxylic acids is 2. The molecule has 0 bridgehead atoms. The van der Waals surface area contributed by atoms with Gasteiger partial charge in [0.15, 0.2) is 0 Å². The van der Waals surface area contributed by atoms with Gasteiger partial charge in [-0.15, -0.1) is 0 Å². The number of methoxy groups -OCH3 is 1. The molecule has 2 aromatic carbocycles. The zero-order valence-corrected chi connectivity index (χ0v) is 14.8. The first-order valence-corrected chi connectivity index (χ1v) is 8.59. The van der Waals surface area contributed by atoms with Crippen molar-refractivity contribution in [2.75, 3.05) is 24.4 Å². The van der Waals surface area contributed by atoms with Crippen molar-refractivity contribution in [3.05, 3.63) is 48.5 Å². The standard InChI is InChI=1S/C20H22N2O4/c1-3-26-16-10-6-14(7-11-16)22-20(24)18-12-17(18)19(23)21-13-4-8-15(25-2)9-5-13/h4-11,17-18H,3,12H2,1-2H3,(H,21,23)(H,22,24). The Hall–Kier alpha value is -3.02. The van der Waals surface area contributed by atoms with Crippen molar-refractivity contribution in [1.29, 1.82) is 0 Å². The summed E-state index contributed by atoms with van der Waals surface area (Å²) >= 11 is 0. The highest BCUT2D eigenvalue weighted by Gasteiger charge is 2.48. The van der Waals surface area contributed by atoms with Gasteiger partial charge in [0.05, 0.1) is 25.6 Å². The van der Waals surface area contributed by atoms with Gasteiger partial charge < -0.3 is 20.1 Å². The summed E-state index contributed by atoms with van der Waals surface area (Å²) in [5.74, 6) is 0.626. The number of hydrogen-bond acceptors (Lipinski definition) is 4. The summed E-state index contributed by atoms with van der Waals surface area (Å²) in [5.41, 5.74) is 1.38. The van der Waals surface area contributed by atoms with E-state index < -0.39 is 0 Å².